The van der Waals surface area contributed by atoms with Gasteiger partial charge in [0.25, 0.3) is 0 Å². The first kappa shape index (κ1) is 12.9. The van der Waals surface area contributed by atoms with Crippen LogP contribution in [0.4, 0.5) is 0 Å². The van der Waals surface area contributed by atoms with E-state index in [1.54, 1.807) is 12.5 Å². The molecule has 0 aliphatic carbocycles. The number of aromatic nitrogens is 2. The van der Waals surface area contributed by atoms with Gasteiger partial charge in [-0.25, -0.2) is 0 Å². The molecule has 4 heteroatoms. The van der Waals surface area contributed by atoms with Crippen LogP contribution < -0.4 is 5.73 Å². The molecule has 0 aliphatic heterocycles. The van der Waals surface area contributed by atoms with Crippen LogP contribution in [-0.2, 0) is 19.9 Å². The fourth-order valence-corrected chi connectivity index (χ4v) is 2.32. The molecule has 4 nitrogen and oxygen atoms in total. The van der Waals surface area contributed by atoms with E-state index >= 15 is 0 Å². The first-order valence-electron chi connectivity index (χ1n) is 6.33. The molecular formula is C14H21N3O. The Bertz CT molecular complexity index is 499. The molecule has 0 fully saturated rings. The zero-order valence-electron chi connectivity index (χ0n) is 11.3. The topological polar surface area (TPSA) is 57.0 Å². The minimum atomic E-state index is 0.168. The van der Waals surface area contributed by atoms with E-state index in [1.165, 1.54) is 16.8 Å². The summed E-state index contributed by atoms with van der Waals surface area (Å²) >= 11 is 0. The fourth-order valence-electron chi connectivity index (χ4n) is 2.32. The Morgan fingerprint density at radius 2 is 2.22 bits per heavy atom. The zero-order valence-corrected chi connectivity index (χ0v) is 11.3. The molecule has 1 unspecified atom stereocenters. The van der Waals surface area contributed by atoms with Gasteiger partial charge in [-0.3, -0.25) is 4.68 Å². The second-order valence-electron chi connectivity index (χ2n) is 4.91. The lowest BCUT2D eigenvalue weighted by Gasteiger charge is -2.10. The van der Waals surface area contributed by atoms with E-state index in [9.17, 15) is 0 Å². The van der Waals surface area contributed by atoms with Crippen LogP contribution in [0.25, 0.3) is 0 Å². The molecule has 2 aromatic rings. The summed E-state index contributed by atoms with van der Waals surface area (Å²) in [5, 5.41) is 4.43. The standard InChI is InChI=1S/C14H21N3O/c1-10-14(11(2)17(3)16-10)5-4-13(15)8-12-6-7-18-9-12/h6-7,9,13H,4-5,8,15H2,1-3H3. The van der Waals surface area contributed by atoms with Crippen LogP contribution in [0.15, 0.2) is 23.0 Å². The average Bonchev–Trinajstić information content (AvgIpc) is 2.88. The molecule has 2 N–H and O–H groups in total. The predicted octanol–water partition coefficient (Wildman–Crippen LogP) is 2.13. The van der Waals surface area contributed by atoms with E-state index in [-0.39, 0.29) is 6.04 Å². The second-order valence-corrected chi connectivity index (χ2v) is 4.91. The Balaban J connectivity index is 1.91. The van der Waals surface area contributed by atoms with Crippen molar-refractivity contribution < 1.29 is 4.42 Å². The van der Waals surface area contributed by atoms with Crippen LogP contribution in [0, 0.1) is 13.8 Å². The van der Waals surface area contributed by atoms with E-state index < -0.39 is 0 Å². The van der Waals surface area contributed by atoms with Crippen LogP contribution in [-0.4, -0.2) is 15.8 Å². The first-order chi connectivity index (χ1) is 8.58. The molecule has 0 saturated carbocycles. The molecule has 0 bridgehead atoms. The number of nitrogens with zero attached hydrogens (tertiary/aromatic N) is 2. The summed E-state index contributed by atoms with van der Waals surface area (Å²) < 4.78 is 6.99. The molecule has 18 heavy (non-hydrogen) atoms. The van der Waals surface area contributed by atoms with E-state index in [4.69, 9.17) is 10.2 Å². The van der Waals surface area contributed by atoms with Gasteiger partial charge in [0.2, 0.25) is 0 Å². The summed E-state index contributed by atoms with van der Waals surface area (Å²) in [5.41, 5.74) is 11.0. The smallest absolute Gasteiger partial charge is 0.0935 e. The fraction of sp³-hybridized carbons (Fsp3) is 0.500. The highest BCUT2D eigenvalue weighted by atomic mass is 16.3. The third-order valence-electron chi connectivity index (χ3n) is 3.50. The molecule has 98 valence electrons. The van der Waals surface area contributed by atoms with Crippen molar-refractivity contribution in [3.05, 3.63) is 41.1 Å². The van der Waals surface area contributed by atoms with Gasteiger partial charge in [-0.15, -0.1) is 0 Å². The van der Waals surface area contributed by atoms with Crippen molar-refractivity contribution in [1.29, 1.82) is 0 Å². The lowest BCUT2D eigenvalue weighted by molar-refractivity contribution is 0.555. The first-order valence-corrected chi connectivity index (χ1v) is 6.33. The van der Waals surface area contributed by atoms with Crippen molar-refractivity contribution in [3.8, 4) is 0 Å². The van der Waals surface area contributed by atoms with Gasteiger partial charge in [0.05, 0.1) is 18.2 Å². The monoisotopic (exact) mass is 247 g/mol. The molecule has 2 rings (SSSR count). The van der Waals surface area contributed by atoms with Gasteiger partial charge in [-0.1, -0.05) is 0 Å². The summed E-state index contributed by atoms with van der Waals surface area (Å²) in [6.07, 6.45) is 6.29. The summed E-state index contributed by atoms with van der Waals surface area (Å²) in [4.78, 5) is 0. The van der Waals surface area contributed by atoms with Gasteiger partial charge in [0.15, 0.2) is 0 Å². The molecule has 0 saturated heterocycles. The van der Waals surface area contributed by atoms with E-state index in [2.05, 4.69) is 18.9 Å². The predicted molar refractivity (Wildman–Crippen MR) is 71.4 cm³/mol. The summed E-state index contributed by atoms with van der Waals surface area (Å²) in [6.45, 7) is 4.17. The number of aryl methyl sites for hydroxylation is 2. The van der Waals surface area contributed by atoms with Gasteiger partial charge < -0.3 is 10.2 Å². The van der Waals surface area contributed by atoms with Crippen molar-refractivity contribution >= 4 is 0 Å². The average molecular weight is 247 g/mol. The highest BCUT2D eigenvalue weighted by molar-refractivity contribution is 5.24. The molecular weight excluding hydrogens is 226 g/mol. The molecule has 0 aromatic carbocycles. The van der Waals surface area contributed by atoms with E-state index in [0.717, 1.165) is 25.0 Å². The summed E-state index contributed by atoms with van der Waals surface area (Å²) in [7, 11) is 1.98. The summed E-state index contributed by atoms with van der Waals surface area (Å²) in [5.74, 6) is 0. The van der Waals surface area contributed by atoms with Gasteiger partial charge in [0.1, 0.15) is 0 Å². The largest absolute Gasteiger partial charge is 0.472 e. The van der Waals surface area contributed by atoms with Gasteiger partial charge in [-0.05, 0) is 50.3 Å². The van der Waals surface area contributed by atoms with Crippen LogP contribution in [0.1, 0.15) is 28.9 Å². The van der Waals surface area contributed by atoms with Gasteiger partial charge in [0, 0.05) is 18.8 Å². The van der Waals surface area contributed by atoms with Crippen molar-refractivity contribution in [1.82, 2.24) is 9.78 Å². The molecule has 2 heterocycles. The minimum absolute atomic E-state index is 0.168. The molecule has 0 aliphatic rings. The molecule has 0 spiro atoms. The highest BCUT2D eigenvalue weighted by Crippen LogP contribution is 2.15. The number of nitrogens with two attached hydrogens (primary N) is 1. The van der Waals surface area contributed by atoms with E-state index in [0.29, 0.717) is 0 Å². The van der Waals surface area contributed by atoms with E-state index in [1.807, 2.05) is 17.8 Å². The second kappa shape index (κ2) is 5.40. The van der Waals surface area contributed by atoms with Crippen molar-refractivity contribution in [2.45, 2.75) is 39.2 Å². The Kier molecular flexibility index (Phi) is 3.87. The van der Waals surface area contributed by atoms with Crippen molar-refractivity contribution in [2.24, 2.45) is 12.8 Å². The number of hydrogen-bond donors (Lipinski definition) is 1. The maximum Gasteiger partial charge on any atom is 0.0935 e. The maximum absolute atomic E-state index is 6.15. The Hall–Kier alpha value is -1.55. The molecule has 0 radical (unpaired) electrons. The quantitative estimate of drug-likeness (QED) is 0.880. The summed E-state index contributed by atoms with van der Waals surface area (Å²) in [6, 6.07) is 2.14. The normalized spacial score (nSPS) is 12.9. The van der Waals surface area contributed by atoms with Gasteiger partial charge >= 0.3 is 0 Å². The maximum atomic E-state index is 6.15. The van der Waals surface area contributed by atoms with Crippen LogP contribution in [0.2, 0.25) is 0 Å². The molecule has 2 aromatic heterocycles. The lowest BCUT2D eigenvalue weighted by Crippen LogP contribution is -2.23. The number of furan rings is 1. The minimum Gasteiger partial charge on any atom is -0.472 e. The van der Waals surface area contributed by atoms with Crippen molar-refractivity contribution in [3.63, 3.8) is 0 Å². The number of rotatable bonds is 5. The highest BCUT2D eigenvalue weighted by Gasteiger charge is 2.11. The third-order valence-corrected chi connectivity index (χ3v) is 3.50. The third kappa shape index (κ3) is 2.82. The van der Waals surface area contributed by atoms with Crippen LogP contribution in [0.5, 0.6) is 0 Å². The van der Waals surface area contributed by atoms with Crippen LogP contribution in [0.3, 0.4) is 0 Å². The lowest BCUT2D eigenvalue weighted by atomic mass is 10.0. The SMILES string of the molecule is Cc1nn(C)c(C)c1CCC(N)Cc1ccoc1. The van der Waals surface area contributed by atoms with Crippen LogP contribution >= 0.6 is 0 Å². The Labute approximate surface area is 108 Å². The Morgan fingerprint density at radius 3 is 2.78 bits per heavy atom. The Morgan fingerprint density at radius 1 is 1.44 bits per heavy atom. The van der Waals surface area contributed by atoms with Gasteiger partial charge in [-0.2, -0.15) is 5.10 Å². The number of hydrogen-bond acceptors (Lipinski definition) is 3. The zero-order chi connectivity index (χ0) is 13.1. The molecule has 0 amide bonds. The molecule has 1 atom stereocenters. The van der Waals surface area contributed by atoms with Crippen molar-refractivity contribution in [2.75, 3.05) is 0 Å².